The van der Waals surface area contributed by atoms with Crippen LogP contribution in [0.3, 0.4) is 0 Å². The van der Waals surface area contributed by atoms with Crippen LogP contribution in [0.2, 0.25) is 5.02 Å². The summed E-state index contributed by atoms with van der Waals surface area (Å²) >= 11 is 5.62. The summed E-state index contributed by atoms with van der Waals surface area (Å²) in [5, 5.41) is 0.284. The van der Waals surface area contributed by atoms with E-state index >= 15 is 0 Å². The van der Waals surface area contributed by atoms with Gasteiger partial charge in [0, 0.05) is 5.02 Å². The van der Waals surface area contributed by atoms with Crippen LogP contribution in [-0.2, 0) is 10.1 Å². The van der Waals surface area contributed by atoms with E-state index in [1.165, 1.54) is 12.1 Å². The van der Waals surface area contributed by atoms with E-state index in [-0.39, 0.29) is 9.92 Å². The lowest BCUT2D eigenvalue weighted by Crippen LogP contribution is -1.98. The molecular weight excluding hydrogens is 200 g/mol. The molecule has 1 rings (SSSR count). The van der Waals surface area contributed by atoms with E-state index in [0.717, 1.165) is 11.6 Å². The van der Waals surface area contributed by atoms with E-state index in [9.17, 15) is 13.0 Å². The van der Waals surface area contributed by atoms with Crippen LogP contribution in [0.5, 0.6) is 0 Å². The number of hydrogen-bond acceptors (Lipinski definition) is 3. The first-order valence-corrected chi connectivity index (χ1v) is 4.92. The zero-order valence-electron chi connectivity index (χ0n) is 6.24. The Balaban J connectivity index is 3.33. The van der Waals surface area contributed by atoms with Crippen molar-refractivity contribution >= 4 is 21.7 Å². The molecule has 0 bridgehead atoms. The highest BCUT2D eigenvalue weighted by Gasteiger charge is 2.02. The Bertz CT molecular complexity index is 397. The Morgan fingerprint density at radius 2 is 2.00 bits per heavy atom. The molecule has 0 fully saturated rings. The first-order valence-electron chi connectivity index (χ1n) is 3.13. The lowest BCUT2D eigenvalue weighted by atomic mass is 10.2. The first kappa shape index (κ1) is 9.51. The molecule has 3 nitrogen and oxygen atoms in total. The number of benzene rings is 1. The molecule has 0 aliphatic heterocycles. The average molecular weight is 206 g/mol. The third-order valence-corrected chi connectivity index (χ3v) is 2.67. The normalized spacial score (nSPS) is 11.6. The van der Waals surface area contributed by atoms with Crippen LogP contribution in [0, 0.1) is 6.92 Å². The predicted molar refractivity (Wildman–Crippen MR) is 44.2 cm³/mol. The lowest BCUT2D eigenvalue weighted by molar-refractivity contribution is 0.463. The zero-order valence-corrected chi connectivity index (χ0v) is 7.82. The minimum Gasteiger partial charge on any atom is -0.744 e. The Morgan fingerprint density at radius 1 is 1.42 bits per heavy atom. The van der Waals surface area contributed by atoms with Gasteiger partial charge in [-0.2, -0.15) is 0 Å². The third kappa shape index (κ3) is 1.97. The average Bonchev–Trinajstić information content (AvgIpc) is 1.92. The highest BCUT2D eigenvalue weighted by atomic mass is 35.5. The van der Waals surface area contributed by atoms with Gasteiger partial charge in [0.15, 0.2) is 0 Å². The molecule has 0 saturated heterocycles. The van der Waals surface area contributed by atoms with Gasteiger partial charge in [-0.3, -0.25) is 0 Å². The smallest absolute Gasteiger partial charge is 0.124 e. The van der Waals surface area contributed by atoms with Gasteiger partial charge in [0.1, 0.15) is 10.1 Å². The van der Waals surface area contributed by atoms with Crippen LogP contribution in [-0.4, -0.2) is 13.0 Å². The summed E-state index contributed by atoms with van der Waals surface area (Å²) in [6, 6.07) is 3.88. The van der Waals surface area contributed by atoms with Crippen molar-refractivity contribution in [3.8, 4) is 0 Å². The van der Waals surface area contributed by atoms with Crippen molar-refractivity contribution in [1.29, 1.82) is 0 Å². The second-order valence-corrected chi connectivity index (χ2v) is 4.15. The van der Waals surface area contributed by atoms with Crippen LogP contribution in [0.15, 0.2) is 23.1 Å². The van der Waals surface area contributed by atoms with Gasteiger partial charge in [-0.25, -0.2) is 8.42 Å². The van der Waals surface area contributed by atoms with Gasteiger partial charge in [-0.15, -0.1) is 0 Å². The summed E-state index contributed by atoms with van der Waals surface area (Å²) in [5.74, 6) is 0. The van der Waals surface area contributed by atoms with Crippen LogP contribution in [0.4, 0.5) is 0 Å². The quantitative estimate of drug-likeness (QED) is 0.654. The standard InChI is InChI=1S/C7H7ClO3S/c1-5-2-3-6(4-7(5)8)12(9,10)11/h2-4H,1H3,(H,9,10,11)/p-1. The molecule has 1 aromatic carbocycles. The molecule has 0 aliphatic rings. The van der Waals surface area contributed by atoms with E-state index in [1.54, 1.807) is 6.92 Å². The molecule has 0 unspecified atom stereocenters. The molecule has 0 amide bonds. The summed E-state index contributed by atoms with van der Waals surface area (Å²) in [4.78, 5) is -0.293. The van der Waals surface area contributed by atoms with Crippen LogP contribution >= 0.6 is 11.6 Å². The Kier molecular flexibility index (Phi) is 2.41. The molecule has 0 N–H and O–H groups in total. The fourth-order valence-electron chi connectivity index (χ4n) is 0.729. The minimum absolute atomic E-state index is 0.284. The predicted octanol–water partition coefficient (Wildman–Crippen LogP) is 1.55. The second-order valence-electron chi connectivity index (χ2n) is 2.37. The maximum atomic E-state index is 10.5. The van der Waals surface area contributed by atoms with Crippen LogP contribution in [0.25, 0.3) is 0 Å². The van der Waals surface area contributed by atoms with E-state index in [0.29, 0.717) is 0 Å². The monoisotopic (exact) mass is 205 g/mol. The van der Waals surface area contributed by atoms with E-state index in [1.807, 2.05) is 0 Å². The van der Waals surface area contributed by atoms with E-state index < -0.39 is 10.1 Å². The summed E-state index contributed by atoms with van der Waals surface area (Å²) in [5.41, 5.74) is 0.740. The molecule has 0 radical (unpaired) electrons. The van der Waals surface area contributed by atoms with Crippen molar-refractivity contribution in [2.24, 2.45) is 0 Å². The molecule has 1 aromatic rings. The molecule has 5 heteroatoms. The molecule has 0 spiro atoms. The van der Waals surface area contributed by atoms with Crippen molar-refractivity contribution in [3.63, 3.8) is 0 Å². The van der Waals surface area contributed by atoms with E-state index in [2.05, 4.69) is 0 Å². The summed E-state index contributed by atoms with van der Waals surface area (Å²) in [6.45, 7) is 1.73. The van der Waals surface area contributed by atoms with Crippen molar-refractivity contribution < 1.29 is 13.0 Å². The lowest BCUT2D eigenvalue weighted by Gasteiger charge is -2.07. The van der Waals surface area contributed by atoms with Crippen molar-refractivity contribution in [1.82, 2.24) is 0 Å². The maximum absolute atomic E-state index is 10.5. The van der Waals surface area contributed by atoms with Crippen molar-refractivity contribution in [2.75, 3.05) is 0 Å². The van der Waals surface area contributed by atoms with Crippen LogP contribution in [0.1, 0.15) is 5.56 Å². The largest absolute Gasteiger partial charge is 0.744 e. The minimum atomic E-state index is -4.38. The fraction of sp³-hybridized carbons (Fsp3) is 0.143. The molecule has 0 saturated carbocycles. The number of aryl methyl sites for hydroxylation is 1. The second kappa shape index (κ2) is 3.05. The molecule has 0 heterocycles. The number of hydrogen-bond donors (Lipinski definition) is 0. The van der Waals surface area contributed by atoms with Gasteiger partial charge in [0.25, 0.3) is 0 Å². The van der Waals surface area contributed by atoms with Gasteiger partial charge in [0.05, 0.1) is 4.90 Å². The number of rotatable bonds is 1. The van der Waals surface area contributed by atoms with Gasteiger partial charge < -0.3 is 4.55 Å². The van der Waals surface area contributed by atoms with Gasteiger partial charge in [-0.05, 0) is 24.6 Å². The zero-order chi connectivity index (χ0) is 9.35. The highest BCUT2D eigenvalue weighted by Crippen LogP contribution is 2.19. The highest BCUT2D eigenvalue weighted by molar-refractivity contribution is 7.85. The van der Waals surface area contributed by atoms with Gasteiger partial charge in [0.2, 0.25) is 0 Å². The van der Waals surface area contributed by atoms with Crippen molar-refractivity contribution in [3.05, 3.63) is 28.8 Å². The van der Waals surface area contributed by atoms with Gasteiger partial charge >= 0.3 is 0 Å². The Hall–Kier alpha value is -0.580. The summed E-state index contributed by atoms with van der Waals surface area (Å²) in [6.07, 6.45) is 0. The third-order valence-electron chi connectivity index (χ3n) is 1.43. The fourth-order valence-corrected chi connectivity index (χ4v) is 1.47. The number of halogens is 1. The van der Waals surface area contributed by atoms with Gasteiger partial charge in [-0.1, -0.05) is 17.7 Å². The summed E-state index contributed by atoms with van der Waals surface area (Å²) in [7, 11) is -4.38. The van der Waals surface area contributed by atoms with Crippen molar-refractivity contribution in [2.45, 2.75) is 11.8 Å². The maximum Gasteiger partial charge on any atom is 0.124 e. The van der Waals surface area contributed by atoms with E-state index in [4.69, 9.17) is 11.6 Å². The Morgan fingerprint density at radius 3 is 2.42 bits per heavy atom. The molecule has 66 valence electrons. The molecule has 0 atom stereocenters. The van der Waals surface area contributed by atoms with Crippen LogP contribution < -0.4 is 0 Å². The molecular formula is C7H6ClO3S-. The Labute approximate surface area is 75.7 Å². The molecule has 0 aromatic heterocycles. The SMILES string of the molecule is Cc1ccc(S(=O)(=O)[O-])cc1Cl. The molecule has 0 aliphatic carbocycles. The summed E-state index contributed by atoms with van der Waals surface area (Å²) < 4.78 is 31.4. The topological polar surface area (TPSA) is 57.2 Å². The first-order chi connectivity index (χ1) is 5.41. The molecule has 12 heavy (non-hydrogen) atoms.